The van der Waals surface area contributed by atoms with Gasteiger partial charge >= 0.3 is 6.03 Å². The van der Waals surface area contributed by atoms with Gasteiger partial charge in [0.25, 0.3) is 0 Å². The monoisotopic (exact) mass is 389 g/mol. The number of anilines is 1. The van der Waals surface area contributed by atoms with Crippen molar-refractivity contribution in [2.24, 2.45) is 5.92 Å². The van der Waals surface area contributed by atoms with Crippen LogP contribution in [0.2, 0.25) is 0 Å². The van der Waals surface area contributed by atoms with Crippen molar-refractivity contribution in [3.05, 3.63) is 54.1 Å². The van der Waals surface area contributed by atoms with Gasteiger partial charge in [0.2, 0.25) is 5.91 Å². The molecule has 29 heavy (non-hydrogen) atoms. The first kappa shape index (κ1) is 18.2. The number of nitrogens with zero attached hydrogens (tertiary/aromatic N) is 2. The number of benzene rings is 2. The van der Waals surface area contributed by atoms with Crippen LogP contribution in [-0.2, 0) is 11.2 Å². The molecule has 5 nitrogen and oxygen atoms in total. The molecule has 3 aliphatic rings. The third-order valence-electron chi connectivity index (χ3n) is 6.31. The number of amides is 3. The first-order valence-electron chi connectivity index (χ1n) is 10.7. The highest BCUT2D eigenvalue weighted by Crippen LogP contribution is 2.33. The fourth-order valence-corrected chi connectivity index (χ4v) is 4.56. The Kier molecular flexibility index (Phi) is 4.74. The van der Waals surface area contributed by atoms with Crippen molar-refractivity contribution in [2.45, 2.75) is 38.1 Å². The maximum absolute atomic E-state index is 13.0. The molecule has 0 bridgehead atoms. The smallest absolute Gasteiger partial charge is 0.322 e. The van der Waals surface area contributed by atoms with E-state index in [0.29, 0.717) is 13.1 Å². The molecule has 5 heteroatoms. The quantitative estimate of drug-likeness (QED) is 0.867. The lowest BCUT2D eigenvalue weighted by atomic mass is 10.0. The van der Waals surface area contributed by atoms with Crippen LogP contribution in [0.4, 0.5) is 10.5 Å². The van der Waals surface area contributed by atoms with Crippen LogP contribution in [0.5, 0.6) is 0 Å². The highest BCUT2D eigenvalue weighted by molar-refractivity contribution is 5.95. The first-order chi connectivity index (χ1) is 14.2. The summed E-state index contributed by atoms with van der Waals surface area (Å²) in [4.78, 5) is 29.1. The number of hydrogen-bond acceptors (Lipinski definition) is 2. The van der Waals surface area contributed by atoms with E-state index in [4.69, 9.17) is 0 Å². The Labute approximate surface area is 171 Å². The Hall–Kier alpha value is -2.82. The summed E-state index contributed by atoms with van der Waals surface area (Å²) in [5, 5.41) is 3.19. The van der Waals surface area contributed by atoms with Crippen LogP contribution in [-0.4, -0.2) is 42.5 Å². The molecule has 0 spiro atoms. The van der Waals surface area contributed by atoms with Crippen LogP contribution in [0.15, 0.2) is 48.5 Å². The van der Waals surface area contributed by atoms with Gasteiger partial charge in [-0.15, -0.1) is 0 Å². The van der Waals surface area contributed by atoms with Crippen LogP contribution < -0.4 is 10.2 Å². The molecule has 2 aromatic carbocycles. The van der Waals surface area contributed by atoms with Gasteiger partial charge in [0.05, 0.1) is 0 Å². The van der Waals surface area contributed by atoms with Gasteiger partial charge in [-0.05, 0) is 60.9 Å². The molecule has 1 saturated carbocycles. The maximum atomic E-state index is 13.0. The lowest BCUT2D eigenvalue weighted by Gasteiger charge is -2.34. The second-order valence-electron chi connectivity index (χ2n) is 8.46. The van der Waals surface area contributed by atoms with Gasteiger partial charge < -0.3 is 10.2 Å². The highest BCUT2D eigenvalue weighted by Gasteiger charge is 2.36. The SMILES string of the molecule is O=C(C1CC1)N1CCCC(NC(=O)N2CCc3cc(-c4ccccc4)ccc32)C1. The summed E-state index contributed by atoms with van der Waals surface area (Å²) in [5.41, 5.74) is 4.61. The highest BCUT2D eigenvalue weighted by atomic mass is 16.2. The summed E-state index contributed by atoms with van der Waals surface area (Å²) in [6.45, 7) is 2.18. The fraction of sp³-hybridized carbons (Fsp3) is 0.417. The molecule has 5 rings (SSSR count). The zero-order chi connectivity index (χ0) is 19.8. The van der Waals surface area contributed by atoms with Gasteiger partial charge in [-0.1, -0.05) is 36.4 Å². The standard InChI is InChI=1S/C24H27N3O2/c28-23(18-8-9-18)26-13-4-7-21(16-26)25-24(29)27-14-12-20-15-19(10-11-22(20)27)17-5-2-1-3-6-17/h1-3,5-6,10-11,15,18,21H,4,7-9,12-14,16H2,(H,25,29). The predicted octanol–water partition coefficient (Wildman–Crippen LogP) is 3.83. The van der Waals surface area contributed by atoms with Crippen LogP contribution in [0.3, 0.4) is 0 Å². The molecular weight excluding hydrogens is 362 g/mol. The average Bonchev–Trinajstić information content (AvgIpc) is 3.52. The summed E-state index contributed by atoms with van der Waals surface area (Å²) >= 11 is 0. The predicted molar refractivity (Wildman–Crippen MR) is 114 cm³/mol. The molecule has 0 radical (unpaired) electrons. The molecule has 3 amide bonds. The molecule has 1 aliphatic carbocycles. The number of urea groups is 1. The van der Waals surface area contributed by atoms with E-state index < -0.39 is 0 Å². The number of fused-ring (bicyclic) bond motifs is 1. The second-order valence-corrected chi connectivity index (χ2v) is 8.46. The number of likely N-dealkylation sites (tertiary alicyclic amines) is 1. The lowest BCUT2D eigenvalue weighted by molar-refractivity contribution is -0.133. The minimum atomic E-state index is -0.0399. The summed E-state index contributed by atoms with van der Waals surface area (Å²) < 4.78 is 0. The van der Waals surface area contributed by atoms with E-state index in [-0.39, 0.29) is 23.9 Å². The molecule has 0 aromatic heterocycles. The van der Waals surface area contributed by atoms with E-state index >= 15 is 0 Å². The first-order valence-corrected chi connectivity index (χ1v) is 10.7. The van der Waals surface area contributed by atoms with Gasteiger partial charge in [0.15, 0.2) is 0 Å². The zero-order valence-corrected chi connectivity index (χ0v) is 16.6. The Bertz CT molecular complexity index is 923. The van der Waals surface area contributed by atoms with Crippen LogP contribution >= 0.6 is 0 Å². The summed E-state index contributed by atoms with van der Waals surface area (Å²) in [6, 6.07) is 16.7. The third-order valence-corrected chi connectivity index (χ3v) is 6.31. The Morgan fingerprint density at radius 1 is 0.931 bits per heavy atom. The van der Waals surface area contributed by atoms with Gasteiger partial charge in [0.1, 0.15) is 0 Å². The molecule has 1 saturated heterocycles. The van der Waals surface area contributed by atoms with Crippen molar-refractivity contribution in [3.63, 3.8) is 0 Å². The topological polar surface area (TPSA) is 52.7 Å². The van der Waals surface area contributed by atoms with Crippen LogP contribution in [0.25, 0.3) is 11.1 Å². The molecule has 150 valence electrons. The normalized spacial score (nSPS) is 21.0. The summed E-state index contributed by atoms with van der Waals surface area (Å²) in [7, 11) is 0. The van der Waals surface area contributed by atoms with E-state index in [1.54, 1.807) is 0 Å². The fourth-order valence-electron chi connectivity index (χ4n) is 4.56. The van der Waals surface area contributed by atoms with Crippen molar-refractivity contribution in [1.29, 1.82) is 0 Å². The van der Waals surface area contributed by atoms with Gasteiger partial charge in [-0.3, -0.25) is 9.69 Å². The van der Waals surface area contributed by atoms with Gasteiger partial charge in [0, 0.05) is 37.3 Å². The van der Waals surface area contributed by atoms with Crippen molar-refractivity contribution < 1.29 is 9.59 Å². The maximum Gasteiger partial charge on any atom is 0.322 e. The number of piperidine rings is 1. The average molecular weight is 389 g/mol. The van der Waals surface area contributed by atoms with Gasteiger partial charge in [-0.2, -0.15) is 0 Å². The number of carbonyl (C=O) groups is 2. The number of nitrogens with one attached hydrogen (secondary N) is 1. The molecule has 2 heterocycles. The number of carbonyl (C=O) groups excluding carboxylic acids is 2. The van der Waals surface area contributed by atoms with E-state index in [2.05, 4.69) is 35.6 Å². The van der Waals surface area contributed by atoms with Crippen molar-refractivity contribution >= 4 is 17.6 Å². The molecule has 1 atom stereocenters. The lowest BCUT2D eigenvalue weighted by Crippen LogP contribution is -2.52. The van der Waals surface area contributed by atoms with Crippen LogP contribution in [0.1, 0.15) is 31.2 Å². The Morgan fingerprint density at radius 2 is 1.76 bits per heavy atom. The van der Waals surface area contributed by atoms with Crippen LogP contribution in [0, 0.1) is 5.92 Å². The van der Waals surface area contributed by atoms with E-state index in [1.165, 1.54) is 16.7 Å². The largest absolute Gasteiger partial charge is 0.340 e. The molecule has 1 unspecified atom stereocenters. The Morgan fingerprint density at radius 3 is 2.55 bits per heavy atom. The van der Waals surface area contributed by atoms with Crippen molar-refractivity contribution in [2.75, 3.05) is 24.5 Å². The molecule has 2 fully saturated rings. The molecular formula is C24H27N3O2. The van der Waals surface area contributed by atoms with E-state index in [9.17, 15) is 9.59 Å². The molecule has 2 aliphatic heterocycles. The van der Waals surface area contributed by atoms with E-state index in [0.717, 1.165) is 44.3 Å². The van der Waals surface area contributed by atoms with Crippen molar-refractivity contribution in [1.82, 2.24) is 10.2 Å². The zero-order valence-electron chi connectivity index (χ0n) is 16.6. The summed E-state index contributed by atoms with van der Waals surface area (Å²) in [5.74, 6) is 0.526. The molecule has 2 aromatic rings. The second kappa shape index (κ2) is 7.54. The minimum absolute atomic E-state index is 0.0399. The summed E-state index contributed by atoms with van der Waals surface area (Å²) in [6.07, 6.45) is 4.83. The third kappa shape index (κ3) is 3.74. The van der Waals surface area contributed by atoms with E-state index in [1.807, 2.05) is 28.0 Å². The Balaban J connectivity index is 1.25. The minimum Gasteiger partial charge on any atom is -0.340 e. The molecule has 1 N–H and O–H groups in total. The van der Waals surface area contributed by atoms with Gasteiger partial charge in [-0.25, -0.2) is 4.79 Å². The van der Waals surface area contributed by atoms with Crippen molar-refractivity contribution in [3.8, 4) is 11.1 Å². The number of hydrogen-bond donors (Lipinski definition) is 1. The number of rotatable bonds is 3.